The first kappa shape index (κ1) is 13.2. The third-order valence-electron chi connectivity index (χ3n) is 2.80. The Hall–Kier alpha value is -1.20. The van der Waals surface area contributed by atoms with Crippen LogP contribution in [0.1, 0.15) is 22.8 Å². The van der Waals surface area contributed by atoms with Crippen LogP contribution in [0.25, 0.3) is 0 Å². The van der Waals surface area contributed by atoms with Crippen LogP contribution in [0.5, 0.6) is 0 Å². The number of nitrogens with one attached hydrogen (secondary N) is 1. The molecule has 1 aromatic carbocycles. The van der Waals surface area contributed by atoms with E-state index in [1.807, 2.05) is 41.1 Å². The maximum Gasteiger partial charge on any atom is 0.0922 e. The SMILES string of the molecule is OCc1ccc(CNCC(O)c2ccsc2)cc1. The zero-order valence-electron chi connectivity index (χ0n) is 10.0. The maximum absolute atomic E-state index is 9.88. The lowest BCUT2D eigenvalue weighted by molar-refractivity contribution is 0.175. The molecule has 2 aromatic rings. The third-order valence-corrected chi connectivity index (χ3v) is 3.50. The van der Waals surface area contributed by atoms with Crippen LogP contribution in [0.2, 0.25) is 0 Å². The molecule has 1 aromatic heterocycles. The molecule has 0 aliphatic heterocycles. The van der Waals surface area contributed by atoms with Crippen LogP contribution in [0, 0.1) is 0 Å². The molecular weight excluding hydrogens is 246 g/mol. The summed E-state index contributed by atoms with van der Waals surface area (Å²) in [6, 6.07) is 9.72. The van der Waals surface area contributed by atoms with Crippen molar-refractivity contribution in [3.8, 4) is 0 Å². The van der Waals surface area contributed by atoms with Crippen molar-refractivity contribution in [2.24, 2.45) is 0 Å². The maximum atomic E-state index is 9.88. The quantitative estimate of drug-likeness (QED) is 0.748. The molecule has 3 nitrogen and oxygen atoms in total. The average molecular weight is 263 g/mol. The second-order valence-corrected chi connectivity index (χ2v) is 4.96. The number of hydrogen-bond donors (Lipinski definition) is 3. The highest BCUT2D eigenvalue weighted by Crippen LogP contribution is 2.15. The van der Waals surface area contributed by atoms with Crippen LogP contribution in [0.3, 0.4) is 0 Å². The first-order valence-corrected chi connectivity index (χ1v) is 6.83. The van der Waals surface area contributed by atoms with Crippen molar-refractivity contribution in [2.75, 3.05) is 6.54 Å². The molecule has 0 amide bonds. The molecule has 3 N–H and O–H groups in total. The highest BCUT2D eigenvalue weighted by atomic mass is 32.1. The highest BCUT2D eigenvalue weighted by Gasteiger charge is 2.06. The summed E-state index contributed by atoms with van der Waals surface area (Å²) in [5.41, 5.74) is 3.02. The van der Waals surface area contributed by atoms with Gasteiger partial charge in [0.15, 0.2) is 0 Å². The average Bonchev–Trinajstić information content (AvgIpc) is 2.93. The molecule has 0 saturated heterocycles. The van der Waals surface area contributed by atoms with E-state index < -0.39 is 6.10 Å². The fourth-order valence-electron chi connectivity index (χ4n) is 1.70. The Bertz CT molecular complexity index is 453. The molecule has 0 spiro atoms. The fraction of sp³-hybridized carbons (Fsp3) is 0.286. The van der Waals surface area contributed by atoms with Crippen molar-refractivity contribution in [3.05, 3.63) is 57.8 Å². The van der Waals surface area contributed by atoms with Crippen molar-refractivity contribution in [1.29, 1.82) is 0 Å². The molecule has 2 rings (SSSR count). The zero-order chi connectivity index (χ0) is 12.8. The summed E-state index contributed by atoms with van der Waals surface area (Å²) in [7, 11) is 0. The number of hydrogen-bond acceptors (Lipinski definition) is 4. The monoisotopic (exact) mass is 263 g/mol. The molecule has 18 heavy (non-hydrogen) atoms. The Kier molecular flexibility index (Phi) is 4.90. The van der Waals surface area contributed by atoms with E-state index in [0.29, 0.717) is 13.1 Å². The van der Waals surface area contributed by atoms with Gasteiger partial charge >= 0.3 is 0 Å². The number of rotatable bonds is 6. The molecule has 4 heteroatoms. The van der Waals surface area contributed by atoms with Gasteiger partial charge < -0.3 is 15.5 Å². The van der Waals surface area contributed by atoms with E-state index in [4.69, 9.17) is 5.11 Å². The largest absolute Gasteiger partial charge is 0.392 e. The predicted octanol–water partition coefficient (Wildman–Crippen LogP) is 2.06. The molecule has 0 aliphatic carbocycles. The van der Waals surface area contributed by atoms with Gasteiger partial charge in [0.05, 0.1) is 12.7 Å². The normalized spacial score (nSPS) is 12.6. The minimum absolute atomic E-state index is 0.0740. The molecule has 0 bridgehead atoms. The second-order valence-electron chi connectivity index (χ2n) is 4.18. The van der Waals surface area contributed by atoms with Crippen LogP contribution >= 0.6 is 11.3 Å². The molecule has 0 fully saturated rings. The highest BCUT2D eigenvalue weighted by molar-refractivity contribution is 7.07. The number of thiophene rings is 1. The summed E-state index contributed by atoms with van der Waals surface area (Å²) >= 11 is 1.59. The molecular formula is C14H17NO2S. The Labute approximate surface area is 111 Å². The van der Waals surface area contributed by atoms with Gasteiger partial charge in [-0.2, -0.15) is 11.3 Å². The first-order chi connectivity index (χ1) is 8.79. The Morgan fingerprint density at radius 3 is 2.44 bits per heavy atom. The molecule has 1 unspecified atom stereocenters. The third kappa shape index (κ3) is 3.65. The second kappa shape index (κ2) is 6.66. The van der Waals surface area contributed by atoms with Crippen LogP contribution < -0.4 is 5.32 Å². The van der Waals surface area contributed by atoms with Crippen LogP contribution in [-0.2, 0) is 13.2 Å². The van der Waals surface area contributed by atoms with Crippen molar-refractivity contribution >= 4 is 11.3 Å². The topological polar surface area (TPSA) is 52.5 Å². The van der Waals surface area contributed by atoms with E-state index in [1.165, 1.54) is 0 Å². The van der Waals surface area contributed by atoms with E-state index >= 15 is 0 Å². The summed E-state index contributed by atoms with van der Waals surface area (Å²) in [5.74, 6) is 0. The lowest BCUT2D eigenvalue weighted by Gasteiger charge is -2.10. The summed E-state index contributed by atoms with van der Waals surface area (Å²) in [6.07, 6.45) is -0.451. The van der Waals surface area contributed by atoms with Crippen LogP contribution in [0.4, 0.5) is 0 Å². The van der Waals surface area contributed by atoms with Crippen molar-refractivity contribution in [3.63, 3.8) is 0 Å². The molecule has 1 atom stereocenters. The smallest absolute Gasteiger partial charge is 0.0922 e. The number of benzene rings is 1. The van der Waals surface area contributed by atoms with Gasteiger partial charge in [-0.15, -0.1) is 0 Å². The number of aliphatic hydroxyl groups is 2. The summed E-state index contributed by atoms with van der Waals surface area (Å²) in [6.45, 7) is 1.33. The van der Waals surface area contributed by atoms with E-state index in [-0.39, 0.29) is 6.61 Å². The van der Waals surface area contributed by atoms with Crippen molar-refractivity contribution < 1.29 is 10.2 Å². The minimum Gasteiger partial charge on any atom is -0.392 e. The van der Waals surface area contributed by atoms with Gasteiger partial charge in [-0.05, 0) is 33.5 Å². The van der Waals surface area contributed by atoms with E-state index in [2.05, 4.69) is 5.32 Å². The fourth-order valence-corrected chi connectivity index (χ4v) is 2.41. The molecule has 0 radical (unpaired) electrons. The van der Waals surface area contributed by atoms with E-state index in [9.17, 15) is 5.11 Å². The van der Waals surface area contributed by atoms with Gasteiger partial charge in [-0.1, -0.05) is 24.3 Å². The van der Waals surface area contributed by atoms with Crippen LogP contribution in [0.15, 0.2) is 41.1 Å². The van der Waals surface area contributed by atoms with Crippen molar-refractivity contribution in [1.82, 2.24) is 5.32 Å². The van der Waals surface area contributed by atoms with Gasteiger partial charge in [0.25, 0.3) is 0 Å². The summed E-state index contributed by atoms with van der Waals surface area (Å²) in [4.78, 5) is 0. The summed E-state index contributed by atoms with van der Waals surface area (Å²) < 4.78 is 0. The van der Waals surface area contributed by atoms with Gasteiger partial charge in [-0.3, -0.25) is 0 Å². The molecule has 0 aliphatic rings. The Morgan fingerprint density at radius 1 is 1.11 bits per heavy atom. The van der Waals surface area contributed by atoms with Crippen molar-refractivity contribution in [2.45, 2.75) is 19.3 Å². The van der Waals surface area contributed by atoms with Crippen LogP contribution in [-0.4, -0.2) is 16.8 Å². The van der Waals surface area contributed by atoms with Gasteiger partial charge in [0.2, 0.25) is 0 Å². The lowest BCUT2D eigenvalue weighted by Crippen LogP contribution is -2.20. The predicted molar refractivity (Wildman–Crippen MR) is 73.4 cm³/mol. The van der Waals surface area contributed by atoms with Gasteiger partial charge in [-0.25, -0.2) is 0 Å². The first-order valence-electron chi connectivity index (χ1n) is 5.89. The minimum atomic E-state index is -0.451. The summed E-state index contributed by atoms with van der Waals surface area (Å²) in [5, 5.41) is 26.0. The molecule has 0 saturated carbocycles. The Balaban J connectivity index is 1.77. The number of aliphatic hydroxyl groups excluding tert-OH is 2. The molecule has 96 valence electrons. The standard InChI is InChI=1S/C14H17NO2S/c16-9-12-3-1-11(2-4-12)7-15-8-14(17)13-5-6-18-10-13/h1-6,10,14-17H,7-9H2. The molecule has 1 heterocycles. The van der Waals surface area contributed by atoms with Gasteiger partial charge in [0.1, 0.15) is 0 Å². The van der Waals surface area contributed by atoms with Gasteiger partial charge in [0, 0.05) is 13.1 Å². The van der Waals surface area contributed by atoms with E-state index in [0.717, 1.165) is 16.7 Å². The lowest BCUT2D eigenvalue weighted by atomic mass is 10.1. The zero-order valence-corrected chi connectivity index (χ0v) is 10.9. The van der Waals surface area contributed by atoms with E-state index in [1.54, 1.807) is 11.3 Å². The Morgan fingerprint density at radius 2 is 1.83 bits per heavy atom.